The molecule has 2 heterocycles. The predicted octanol–water partition coefficient (Wildman–Crippen LogP) is 6.67. The van der Waals surface area contributed by atoms with Gasteiger partial charge in [-0.3, -0.25) is 0 Å². The summed E-state index contributed by atoms with van der Waals surface area (Å²) < 4.78 is 71.9. The SMILES string of the molecule is NS(=O)c1ccc(Cc2c(-c3cccc(-c4ccccc4)c3)nn(-c3nc(C(=O)O)cs3)c2C2(C(F)(F)F)CC2)cc1F. The van der Waals surface area contributed by atoms with Crippen molar-refractivity contribution in [2.75, 3.05) is 0 Å². The molecular formula is C30H22F4N4O3S2. The van der Waals surface area contributed by atoms with Crippen molar-refractivity contribution in [1.82, 2.24) is 14.8 Å². The minimum Gasteiger partial charge on any atom is -0.476 e. The van der Waals surface area contributed by atoms with Gasteiger partial charge in [-0.05, 0) is 47.7 Å². The number of carbonyl (C=O) groups is 1. The van der Waals surface area contributed by atoms with Crippen LogP contribution < -0.4 is 5.14 Å². The first-order valence-corrected chi connectivity index (χ1v) is 15.1. The van der Waals surface area contributed by atoms with E-state index in [1.54, 1.807) is 12.1 Å². The van der Waals surface area contributed by atoms with E-state index in [9.17, 15) is 31.7 Å². The van der Waals surface area contributed by atoms with Crippen molar-refractivity contribution in [2.24, 2.45) is 5.14 Å². The van der Waals surface area contributed by atoms with Crippen molar-refractivity contribution in [2.45, 2.75) is 35.7 Å². The molecule has 1 aliphatic rings. The number of rotatable bonds is 8. The van der Waals surface area contributed by atoms with Crippen molar-refractivity contribution in [3.8, 4) is 27.5 Å². The van der Waals surface area contributed by atoms with Gasteiger partial charge in [0.1, 0.15) is 22.2 Å². The highest BCUT2D eigenvalue weighted by Gasteiger charge is 2.67. The lowest BCUT2D eigenvalue weighted by molar-refractivity contribution is -0.162. The van der Waals surface area contributed by atoms with Crippen molar-refractivity contribution >= 4 is 28.3 Å². The quantitative estimate of drug-likeness (QED) is 0.187. The number of hydrogen-bond donors (Lipinski definition) is 2. The molecule has 0 radical (unpaired) electrons. The molecule has 1 aliphatic carbocycles. The molecule has 7 nitrogen and oxygen atoms in total. The molecule has 0 amide bonds. The molecule has 1 unspecified atom stereocenters. The number of thiazole rings is 1. The number of carboxylic acids is 1. The number of aromatic carboxylic acids is 1. The Labute approximate surface area is 249 Å². The molecule has 0 spiro atoms. The molecule has 2 aromatic heterocycles. The zero-order valence-corrected chi connectivity index (χ0v) is 23.8. The zero-order chi connectivity index (χ0) is 30.5. The second-order valence-electron chi connectivity index (χ2n) is 10.2. The second kappa shape index (κ2) is 10.8. The summed E-state index contributed by atoms with van der Waals surface area (Å²) in [6, 6.07) is 20.4. The van der Waals surface area contributed by atoms with Crippen molar-refractivity contribution in [3.63, 3.8) is 0 Å². The Morgan fingerprint density at radius 1 is 1.02 bits per heavy atom. The number of alkyl halides is 3. The van der Waals surface area contributed by atoms with E-state index in [-0.39, 0.29) is 51.9 Å². The Balaban J connectivity index is 1.61. The molecule has 3 N–H and O–H groups in total. The summed E-state index contributed by atoms with van der Waals surface area (Å²) in [6.45, 7) is 0. The third-order valence-corrected chi connectivity index (χ3v) is 9.04. The molecule has 5 aromatic rings. The summed E-state index contributed by atoms with van der Waals surface area (Å²) in [6.07, 6.45) is -5.20. The van der Waals surface area contributed by atoms with Gasteiger partial charge in [0.2, 0.25) is 5.13 Å². The number of halogens is 4. The molecule has 1 saturated carbocycles. The lowest BCUT2D eigenvalue weighted by Gasteiger charge is -2.22. The second-order valence-corrected chi connectivity index (χ2v) is 12.0. The van der Waals surface area contributed by atoms with Crippen LogP contribution in [-0.4, -0.2) is 36.2 Å². The van der Waals surface area contributed by atoms with Gasteiger partial charge in [0.25, 0.3) is 0 Å². The van der Waals surface area contributed by atoms with E-state index >= 15 is 0 Å². The first-order valence-electron chi connectivity index (χ1n) is 13.0. The molecule has 0 bridgehead atoms. The molecule has 3 aromatic carbocycles. The minimum atomic E-state index is -4.65. The van der Waals surface area contributed by atoms with Crippen LogP contribution >= 0.6 is 11.3 Å². The van der Waals surface area contributed by atoms with E-state index in [1.807, 2.05) is 42.5 Å². The molecule has 220 valence electrons. The highest BCUT2D eigenvalue weighted by Crippen LogP contribution is 2.61. The van der Waals surface area contributed by atoms with Crippen LogP contribution in [0, 0.1) is 5.82 Å². The van der Waals surface area contributed by atoms with Gasteiger partial charge < -0.3 is 5.11 Å². The van der Waals surface area contributed by atoms with Gasteiger partial charge in [-0.1, -0.05) is 54.6 Å². The fourth-order valence-electron chi connectivity index (χ4n) is 5.22. The molecule has 0 saturated heterocycles. The average molecular weight is 627 g/mol. The minimum absolute atomic E-state index is 0.0327. The summed E-state index contributed by atoms with van der Waals surface area (Å²) in [4.78, 5) is 15.4. The van der Waals surface area contributed by atoms with Crippen LogP contribution in [0.4, 0.5) is 17.6 Å². The average Bonchev–Trinajstić information content (AvgIpc) is 3.48. The van der Waals surface area contributed by atoms with E-state index in [0.29, 0.717) is 11.1 Å². The number of nitrogens with zero attached hydrogens (tertiary/aromatic N) is 3. The van der Waals surface area contributed by atoms with Crippen LogP contribution in [0.25, 0.3) is 27.5 Å². The van der Waals surface area contributed by atoms with Gasteiger partial charge in [0.05, 0.1) is 16.3 Å². The maximum Gasteiger partial charge on any atom is 0.399 e. The van der Waals surface area contributed by atoms with Crippen molar-refractivity contribution < 1.29 is 31.7 Å². The third kappa shape index (κ3) is 5.28. The fraction of sp³-hybridized carbons (Fsp3) is 0.167. The van der Waals surface area contributed by atoms with Gasteiger partial charge in [-0.15, -0.1) is 11.3 Å². The molecule has 1 fully saturated rings. The third-order valence-electron chi connectivity index (χ3n) is 7.46. The van der Waals surface area contributed by atoms with E-state index in [2.05, 4.69) is 10.1 Å². The predicted molar refractivity (Wildman–Crippen MR) is 154 cm³/mol. The highest BCUT2D eigenvalue weighted by molar-refractivity contribution is 7.82. The van der Waals surface area contributed by atoms with Crippen LogP contribution in [0.1, 0.15) is 40.2 Å². The Morgan fingerprint density at radius 3 is 2.33 bits per heavy atom. The van der Waals surface area contributed by atoms with Crippen molar-refractivity contribution in [3.05, 3.63) is 107 Å². The van der Waals surface area contributed by atoms with Crippen LogP contribution in [0.5, 0.6) is 0 Å². The molecular weight excluding hydrogens is 604 g/mol. The summed E-state index contributed by atoms with van der Waals surface area (Å²) in [5, 5.41) is 20.7. The molecule has 6 rings (SSSR count). The van der Waals surface area contributed by atoms with Crippen LogP contribution in [0.2, 0.25) is 0 Å². The number of nitrogens with two attached hydrogens (primary N) is 1. The maximum atomic E-state index is 14.8. The van der Waals surface area contributed by atoms with Gasteiger partial charge >= 0.3 is 12.1 Å². The topological polar surface area (TPSA) is 111 Å². The van der Waals surface area contributed by atoms with Gasteiger partial charge in [-0.2, -0.15) is 18.3 Å². The first-order chi connectivity index (χ1) is 20.5. The molecule has 43 heavy (non-hydrogen) atoms. The normalized spacial score (nSPS) is 14.9. The van der Waals surface area contributed by atoms with Gasteiger partial charge in [-0.25, -0.2) is 28.2 Å². The van der Waals surface area contributed by atoms with E-state index < -0.39 is 34.4 Å². The summed E-state index contributed by atoms with van der Waals surface area (Å²) >= 11 is 0.864. The number of benzene rings is 3. The van der Waals surface area contributed by atoms with Gasteiger partial charge in [0, 0.05) is 22.9 Å². The lowest BCUT2D eigenvalue weighted by Crippen LogP contribution is -2.32. The van der Waals surface area contributed by atoms with Gasteiger partial charge in [0.15, 0.2) is 5.69 Å². The van der Waals surface area contributed by atoms with E-state index in [0.717, 1.165) is 33.2 Å². The Hall–Kier alpha value is -4.20. The summed E-state index contributed by atoms with van der Waals surface area (Å²) in [7, 11) is -2.09. The largest absolute Gasteiger partial charge is 0.476 e. The monoisotopic (exact) mass is 626 g/mol. The standard InChI is InChI=1S/C30H22F4N4O3S2/c31-22-14-17(9-10-24(22)43(35)41)13-21-25(20-8-4-7-19(15-20)18-5-2-1-3-6-18)37-38(28-36-23(16-42-28)27(39)40)26(21)29(11-12-29)30(32,33)34/h1-10,14-16H,11-13,35H2,(H,39,40). The van der Waals surface area contributed by atoms with Crippen LogP contribution in [-0.2, 0) is 22.8 Å². The van der Waals surface area contributed by atoms with Crippen molar-refractivity contribution in [1.29, 1.82) is 0 Å². The molecule has 13 heteroatoms. The van der Waals surface area contributed by atoms with Crippen LogP contribution in [0.3, 0.4) is 0 Å². The molecule has 0 aliphatic heterocycles. The Morgan fingerprint density at radius 2 is 1.72 bits per heavy atom. The molecule has 1 atom stereocenters. The number of carboxylic acid groups (broad SMARTS) is 1. The van der Waals surface area contributed by atoms with E-state index in [1.165, 1.54) is 17.5 Å². The summed E-state index contributed by atoms with van der Waals surface area (Å²) in [5.74, 6) is -2.17. The number of hydrogen-bond acceptors (Lipinski definition) is 5. The zero-order valence-electron chi connectivity index (χ0n) is 22.1. The fourth-order valence-corrected chi connectivity index (χ4v) is 6.42. The maximum absolute atomic E-state index is 14.8. The number of aromatic nitrogens is 3. The first kappa shape index (κ1) is 28.9. The Bertz CT molecular complexity index is 1880. The summed E-state index contributed by atoms with van der Waals surface area (Å²) in [5.41, 5.74) is 0.212. The lowest BCUT2D eigenvalue weighted by atomic mass is 9.90. The Kier molecular flexibility index (Phi) is 7.27. The van der Waals surface area contributed by atoms with Crippen LogP contribution in [0.15, 0.2) is 83.1 Å². The van der Waals surface area contributed by atoms with E-state index in [4.69, 9.17) is 5.14 Å². The highest BCUT2D eigenvalue weighted by atomic mass is 32.2. The smallest absolute Gasteiger partial charge is 0.399 e.